The van der Waals surface area contributed by atoms with Crippen molar-refractivity contribution >= 4 is 29.1 Å². The van der Waals surface area contributed by atoms with Crippen LogP contribution in [0, 0.1) is 0 Å². The summed E-state index contributed by atoms with van der Waals surface area (Å²) in [6.45, 7) is 0. The molecule has 0 atom stereocenters. The van der Waals surface area contributed by atoms with Crippen LogP contribution in [0.5, 0.6) is 0 Å². The molecule has 0 aliphatic carbocycles. The number of anilines is 1. The number of nitrogen functional groups attached to an aromatic ring is 1. The molecule has 1 aromatic rings. The monoisotopic (exact) mass is 295 g/mol. The summed E-state index contributed by atoms with van der Waals surface area (Å²) in [7, 11) is 0. The molecule has 0 aliphatic rings. The van der Waals surface area contributed by atoms with Gasteiger partial charge in [0, 0.05) is 4.90 Å². The lowest BCUT2D eigenvalue weighted by Crippen LogP contribution is -2.10. The molecule has 1 aromatic carbocycles. The quantitative estimate of drug-likeness (QED) is 0.467. The third-order valence-electron chi connectivity index (χ3n) is 1.63. The van der Waals surface area contributed by atoms with Gasteiger partial charge in [0.15, 0.2) is 0 Å². The number of rotatable bonds is 1. The molecule has 1 rings (SSSR count). The molecule has 0 heterocycles. The minimum Gasteiger partial charge on any atom is -0.398 e. The highest BCUT2D eigenvalue weighted by atomic mass is 35.5. The molecular weight excluding hydrogens is 292 g/mol. The van der Waals surface area contributed by atoms with Crippen LogP contribution in [-0.2, 0) is 6.18 Å². The molecule has 0 fully saturated rings. The smallest absolute Gasteiger partial charge is 0.398 e. The second kappa shape index (κ2) is 4.49. The van der Waals surface area contributed by atoms with Crippen LogP contribution in [0.15, 0.2) is 17.0 Å². The number of hydrogen-bond donors (Lipinski definition) is 1. The van der Waals surface area contributed by atoms with Crippen LogP contribution in [-0.4, -0.2) is 5.51 Å². The maximum absolute atomic E-state index is 12.5. The maximum atomic E-state index is 12.5. The fraction of sp³-hybridized carbons (Fsp3) is 0.250. The number of hydrogen-bond acceptors (Lipinski definition) is 2. The third-order valence-corrected chi connectivity index (χ3v) is 2.75. The van der Waals surface area contributed by atoms with Crippen molar-refractivity contribution in [1.82, 2.24) is 0 Å². The highest BCUT2D eigenvalue weighted by Gasteiger charge is 2.39. The fourth-order valence-electron chi connectivity index (χ4n) is 1.00. The van der Waals surface area contributed by atoms with Gasteiger partial charge in [-0.25, -0.2) is 0 Å². The van der Waals surface area contributed by atoms with Crippen LogP contribution in [0.1, 0.15) is 5.56 Å². The summed E-state index contributed by atoms with van der Waals surface area (Å²) >= 11 is 4.51. The lowest BCUT2D eigenvalue weighted by Gasteiger charge is -2.15. The molecule has 9 heteroatoms. The first-order valence-corrected chi connectivity index (χ1v) is 5.12. The summed E-state index contributed by atoms with van der Waals surface area (Å²) in [6, 6.07) is 0.939. The minimum atomic E-state index is -4.92. The van der Waals surface area contributed by atoms with E-state index in [-0.39, 0.29) is 5.02 Å². The Morgan fingerprint density at radius 2 is 1.59 bits per heavy atom. The predicted octanol–water partition coefficient (Wildman–Crippen LogP) is 4.55. The number of thioether (sulfide) groups is 1. The Morgan fingerprint density at radius 1 is 1.06 bits per heavy atom. The van der Waals surface area contributed by atoms with E-state index < -0.39 is 39.6 Å². The zero-order valence-electron chi connectivity index (χ0n) is 7.79. The second-order valence-electron chi connectivity index (χ2n) is 2.92. The molecule has 1 nitrogen and oxygen atoms in total. The molecule has 0 aromatic heterocycles. The van der Waals surface area contributed by atoms with Crippen molar-refractivity contribution in [3.05, 3.63) is 22.7 Å². The molecule has 96 valence electrons. The maximum Gasteiger partial charge on any atom is 0.446 e. The number of halogens is 7. The molecule has 0 aliphatic heterocycles. The van der Waals surface area contributed by atoms with Crippen molar-refractivity contribution in [2.24, 2.45) is 0 Å². The van der Waals surface area contributed by atoms with Gasteiger partial charge in [-0.05, 0) is 23.9 Å². The number of benzene rings is 1. The number of alkyl halides is 6. The van der Waals surface area contributed by atoms with E-state index in [1.165, 1.54) is 0 Å². The van der Waals surface area contributed by atoms with Gasteiger partial charge in [-0.2, -0.15) is 26.3 Å². The summed E-state index contributed by atoms with van der Waals surface area (Å²) in [5.74, 6) is 0. The summed E-state index contributed by atoms with van der Waals surface area (Å²) in [5, 5.41) is -0.357. The van der Waals surface area contributed by atoms with Gasteiger partial charge in [0.1, 0.15) is 0 Å². The highest BCUT2D eigenvalue weighted by Crippen LogP contribution is 2.45. The first-order chi connectivity index (χ1) is 7.50. The van der Waals surface area contributed by atoms with Crippen LogP contribution in [0.3, 0.4) is 0 Å². The van der Waals surface area contributed by atoms with Crippen molar-refractivity contribution in [2.45, 2.75) is 16.6 Å². The molecule has 0 unspecified atom stereocenters. The molecule has 0 saturated carbocycles. The van der Waals surface area contributed by atoms with E-state index in [1.807, 2.05) is 0 Å². The Hall–Kier alpha value is -0.760. The van der Waals surface area contributed by atoms with Crippen molar-refractivity contribution in [2.75, 3.05) is 5.73 Å². The zero-order chi connectivity index (χ0) is 13.4. The Labute approximate surface area is 101 Å². The van der Waals surface area contributed by atoms with Crippen molar-refractivity contribution in [3.63, 3.8) is 0 Å². The molecule has 17 heavy (non-hydrogen) atoms. The lowest BCUT2D eigenvalue weighted by molar-refractivity contribution is -0.139. The van der Waals surface area contributed by atoms with Crippen LogP contribution >= 0.6 is 23.4 Å². The van der Waals surface area contributed by atoms with Gasteiger partial charge in [-0.1, -0.05) is 11.6 Å². The van der Waals surface area contributed by atoms with Crippen LogP contribution in [0.4, 0.5) is 32.0 Å². The van der Waals surface area contributed by atoms with E-state index in [0.29, 0.717) is 12.1 Å². The molecule has 0 saturated heterocycles. The normalized spacial score (nSPS) is 12.9. The molecule has 2 N–H and O–H groups in total. The summed E-state index contributed by atoms with van der Waals surface area (Å²) < 4.78 is 73.6. The summed E-state index contributed by atoms with van der Waals surface area (Å²) in [5.41, 5.74) is -1.59. The van der Waals surface area contributed by atoms with Gasteiger partial charge >= 0.3 is 11.7 Å². The highest BCUT2D eigenvalue weighted by molar-refractivity contribution is 8.00. The van der Waals surface area contributed by atoms with Crippen molar-refractivity contribution < 1.29 is 26.3 Å². The third kappa shape index (κ3) is 3.88. The Bertz CT molecular complexity index is 427. The van der Waals surface area contributed by atoms with E-state index >= 15 is 0 Å². The summed E-state index contributed by atoms with van der Waals surface area (Å²) in [6.07, 6.45) is -4.92. The van der Waals surface area contributed by atoms with Crippen molar-refractivity contribution in [3.8, 4) is 0 Å². The first-order valence-electron chi connectivity index (χ1n) is 3.92. The van der Waals surface area contributed by atoms with Gasteiger partial charge in [0.05, 0.1) is 16.3 Å². The van der Waals surface area contributed by atoms with Gasteiger partial charge in [-0.3, -0.25) is 0 Å². The Balaban J connectivity index is 3.32. The molecule has 0 radical (unpaired) electrons. The summed E-state index contributed by atoms with van der Waals surface area (Å²) in [4.78, 5) is -1.02. The van der Waals surface area contributed by atoms with Crippen molar-refractivity contribution in [1.29, 1.82) is 0 Å². The van der Waals surface area contributed by atoms with E-state index in [4.69, 9.17) is 17.3 Å². The molecule has 0 spiro atoms. The van der Waals surface area contributed by atoms with E-state index in [9.17, 15) is 26.3 Å². The Kier molecular flexibility index (Phi) is 3.78. The van der Waals surface area contributed by atoms with Crippen LogP contribution in [0.25, 0.3) is 0 Å². The van der Waals surface area contributed by atoms with Gasteiger partial charge in [-0.15, -0.1) is 0 Å². The van der Waals surface area contributed by atoms with E-state index in [1.54, 1.807) is 0 Å². The average Bonchev–Trinajstić information content (AvgIpc) is 2.06. The number of nitrogens with two attached hydrogens (primary N) is 1. The predicted molar refractivity (Wildman–Crippen MR) is 52.8 cm³/mol. The SMILES string of the molecule is Nc1cc(C(F)(F)F)c(SC(F)(F)F)cc1Cl. The zero-order valence-corrected chi connectivity index (χ0v) is 9.36. The van der Waals surface area contributed by atoms with Gasteiger partial charge in [0.2, 0.25) is 0 Å². The lowest BCUT2D eigenvalue weighted by atomic mass is 10.2. The van der Waals surface area contributed by atoms with E-state index in [2.05, 4.69) is 0 Å². The topological polar surface area (TPSA) is 26.0 Å². The molecule has 0 amide bonds. The van der Waals surface area contributed by atoms with E-state index in [0.717, 1.165) is 0 Å². The van der Waals surface area contributed by atoms with Crippen LogP contribution < -0.4 is 5.73 Å². The Morgan fingerprint density at radius 3 is 2.00 bits per heavy atom. The average molecular weight is 296 g/mol. The molecule has 0 bridgehead atoms. The van der Waals surface area contributed by atoms with Crippen LogP contribution in [0.2, 0.25) is 5.02 Å². The standard InChI is InChI=1S/C8H4ClF6NS/c9-4-2-6(17-8(13,14)15)3(1-5(4)16)7(10,11)12/h1-2H,16H2. The van der Waals surface area contributed by atoms with Gasteiger partial charge < -0.3 is 5.73 Å². The van der Waals surface area contributed by atoms with Gasteiger partial charge in [0.25, 0.3) is 0 Å². The second-order valence-corrected chi connectivity index (χ2v) is 4.43. The fourth-order valence-corrected chi connectivity index (χ4v) is 1.94. The molecular formula is C8H4ClF6NS. The minimum absolute atomic E-state index is 0.357. The first kappa shape index (κ1) is 14.3. The largest absolute Gasteiger partial charge is 0.446 e.